The van der Waals surface area contributed by atoms with Crippen molar-refractivity contribution in [2.45, 2.75) is 51.6 Å². The lowest BCUT2D eigenvalue weighted by Gasteiger charge is -2.20. The second-order valence-electron chi connectivity index (χ2n) is 12.3. The third-order valence-electron chi connectivity index (χ3n) is 9.26. The molecular formula is C36H36ClN7O3. The van der Waals surface area contributed by atoms with Gasteiger partial charge in [0.15, 0.2) is 0 Å². The molecule has 240 valence electrons. The first kappa shape index (κ1) is 30.8. The molecule has 4 heterocycles. The first-order valence-electron chi connectivity index (χ1n) is 15.8. The van der Waals surface area contributed by atoms with Crippen molar-refractivity contribution in [3.63, 3.8) is 0 Å². The fourth-order valence-corrected chi connectivity index (χ4v) is 7.15. The summed E-state index contributed by atoms with van der Waals surface area (Å²) in [6, 6.07) is 16.2. The second-order valence-corrected chi connectivity index (χ2v) is 12.7. The molecule has 47 heavy (non-hydrogen) atoms. The van der Waals surface area contributed by atoms with Crippen LogP contribution in [0.5, 0.6) is 5.88 Å². The first-order valence-corrected chi connectivity index (χ1v) is 16.2. The summed E-state index contributed by atoms with van der Waals surface area (Å²) in [7, 11) is 3.28. The SMILES string of the molecule is COc1nc(-c2cccc(-c3cccc(Nc4nc(C)cc5cnn(C)c(=O)c45)c3C)c2Cl)cc2c1C(NCC1CCC(=O)N1)CC2. The van der Waals surface area contributed by atoms with Gasteiger partial charge in [0.1, 0.15) is 5.82 Å². The monoisotopic (exact) mass is 649 g/mol. The van der Waals surface area contributed by atoms with Crippen molar-refractivity contribution in [2.75, 3.05) is 19.0 Å². The topological polar surface area (TPSA) is 123 Å². The number of nitrogens with one attached hydrogen (secondary N) is 3. The van der Waals surface area contributed by atoms with Gasteiger partial charge >= 0.3 is 0 Å². The van der Waals surface area contributed by atoms with E-state index in [1.54, 1.807) is 20.4 Å². The summed E-state index contributed by atoms with van der Waals surface area (Å²) < 4.78 is 7.15. The molecule has 1 amide bonds. The molecule has 3 N–H and O–H groups in total. The lowest BCUT2D eigenvalue weighted by molar-refractivity contribution is -0.119. The minimum atomic E-state index is -0.219. The summed E-state index contributed by atoms with van der Waals surface area (Å²) in [6.45, 7) is 4.64. The number of aromatic nitrogens is 4. The highest BCUT2D eigenvalue weighted by molar-refractivity contribution is 6.36. The van der Waals surface area contributed by atoms with E-state index < -0.39 is 0 Å². The van der Waals surface area contributed by atoms with Crippen molar-refractivity contribution in [1.82, 2.24) is 30.4 Å². The third kappa shape index (κ3) is 5.72. The minimum Gasteiger partial charge on any atom is -0.481 e. The van der Waals surface area contributed by atoms with Gasteiger partial charge in [-0.05, 0) is 68.0 Å². The molecule has 0 saturated carbocycles. The smallest absolute Gasteiger partial charge is 0.278 e. The Kier molecular flexibility index (Phi) is 8.15. The zero-order valence-electron chi connectivity index (χ0n) is 26.8. The Balaban J connectivity index is 1.21. The van der Waals surface area contributed by atoms with Crippen LogP contribution in [0.4, 0.5) is 11.5 Å². The summed E-state index contributed by atoms with van der Waals surface area (Å²) in [5, 5.41) is 16.1. The van der Waals surface area contributed by atoms with E-state index in [0.29, 0.717) is 35.1 Å². The molecule has 0 bridgehead atoms. The molecule has 2 aromatic carbocycles. The first-order chi connectivity index (χ1) is 22.7. The molecule has 1 aliphatic carbocycles. The van der Waals surface area contributed by atoms with Gasteiger partial charge in [0, 0.05) is 65.6 Å². The van der Waals surface area contributed by atoms with Gasteiger partial charge in [-0.3, -0.25) is 9.59 Å². The van der Waals surface area contributed by atoms with E-state index in [-0.39, 0.29) is 23.6 Å². The van der Waals surface area contributed by atoms with Gasteiger partial charge in [0.05, 0.1) is 29.4 Å². The van der Waals surface area contributed by atoms with Crippen LogP contribution in [0.15, 0.2) is 59.5 Å². The van der Waals surface area contributed by atoms with Gasteiger partial charge in [-0.15, -0.1) is 0 Å². The van der Waals surface area contributed by atoms with Crippen molar-refractivity contribution in [1.29, 1.82) is 0 Å². The average Bonchev–Trinajstić information content (AvgIpc) is 3.68. The Morgan fingerprint density at radius 1 is 1.02 bits per heavy atom. The minimum absolute atomic E-state index is 0.107. The molecule has 1 aliphatic heterocycles. The van der Waals surface area contributed by atoms with Crippen LogP contribution in [0.25, 0.3) is 33.2 Å². The van der Waals surface area contributed by atoms with Gasteiger partial charge in [-0.25, -0.2) is 14.6 Å². The molecule has 2 unspecified atom stereocenters. The Bertz CT molecular complexity index is 2110. The molecule has 11 heteroatoms. The molecule has 7 rings (SSSR count). The largest absolute Gasteiger partial charge is 0.481 e. The zero-order chi connectivity index (χ0) is 32.8. The van der Waals surface area contributed by atoms with Crippen LogP contribution < -0.4 is 26.2 Å². The molecule has 3 aromatic heterocycles. The van der Waals surface area contributed by atoms with Gasteiger partial charge in [0.2, 0.25) is 11.8 Å². The highest BCUT2D eigenvalue weighted by atomic mass is 35.5. The number of carbonyl (C=O) groups excluding carboxylic acids is 1. The van der Waals surface area contributed by atoms with Crippen LogP contribution in [0.2, 0.25) is 5.02 Å². The van der Waals surface area contributed by atoms with Crippen LogP contribution in [0.1, 0.15) is 47.7 Å². The molecule has 2 atom stereocenters. The molecule has 0 radical (unpaired) electrons. The van der Waals surface area contributed by atoms with Gasteiger partial charge in [-0.2, -0.15) is 5.10 Å². The van der Waals surface area contributed by atoms with E-state index in [9.17, 15) is 9.59 Å². The average molecular weight is 650 g/mol. The van der Waals surface area contributed by atoms with Crippen molar-refractivity contribution in [2.24, 2.45) is 7.05 Å². The van der Waals surface area contributed by atoms with E-state index in [4.69, 9.17) is 21.3 Å². The van der Waals surface area contributed by atoms with Gasteiger partial charge in [0.25, 0.3) is 5.56 Å². The number of benzene rings is 2. The summed E-state index contributed by atoms with van der Waals surface area (Å²) in [5.74, 6) is 1.19. The predicted molar refractivity (Wildman–Crippen MR) is 184 cm³/mol. The van der Waals surface area contributed by atoms with Crippen LogP contribution >= 0.6 is 11.6 Å². The summed E-state index contributed by atoms with van der Waals surface area (Å²) in [5.41, 5.74) is 7.98. The fourth-order valence-electron chi connectivity index (χ4n) is 6.83. The highest BCUT2D eigenvalue weighted by Crippen LogP contribution is 2.43. The van der Waals surface area contributed by atoms with E-state index in [1.165, 1.54) is 10.2 Å². The maximum absolute atomic E-state index is 13.0. The maximum Gasteiger partial charge on any atom is 0.278 e. The van der Waals surface area contributed by atoms with E-state index in [0.717, 1.165) is 69.5 Å². The number of ether oxygens (including phenoxy) is 1. The number of anilines is 2. The lowest BCUT2D eigenvalue weighted by atomic mass is 9.96. The number of halogens is 1. The van der Waals surface area contributed by atoms with Crippen molar-refractivity contribution < 1.29 is 9.53 Å². The molecular weight excluding hydrogens is 614 g/mol. The normalized spacial score (nSPS) is 17.2. The van der Waals surface area contributed by atoms with Crippen molar-refractivity contribution >= 4 is 39.8 Å². The number of fused-ring (bicyclic) bond motifs is 2. The van der Waals surface area contributed by atoms with Gasteiger partial charge in [-0.1, -0.05) is 41.9 Å². The number of methoxy groups -OCH3 is 1. The molecule has 1 saturated heterocycles. The molecule has 10 nitrogen and oxygen atoms in total. The van der Waals surface area contributed by atoms with Crippen LogP contribution in [-0.2, 0) is 18.3 Å². The number of hydrogen-bond acceptors (Lipinski definition) is 8. The van der Waals surface area contributed by atoms with Crippen molar-refractivity contribution in [3.8, 4) is 28.3 Å². The third-order valence-corrected chi connectivity index (χ3v) is 9.66. The fraction of sp³-hybridized carbons (Fsp3) is 0.306. The maximum atomic E-state index is 13.0. The molecule has 0 spiro atoms. The Morgan fingerprint density at radius 2 is 1.81 bits per heavy atom. The van der Waals surface area contributed by atoms with E-state index >= 15 is 0 Å². The summed E-state index contributed by atoms with van der Waals surface area (Å²) >= 11 is 7.20. The lowest BCUT2D eigenvalue weighted by Crippen LogP contribution is -2.36. The quantitative estimate of drug-likeness (QED) is 0.189. The molecule has 2 aliphatic rings. The Hall–Kier alpha value is -4.80. The number of carbonyl (C=O) groups is 1. The highest BCUT2D eigenvalue weighted by Gasteiger charge is 2.30. The summed E-state index contributed by atoms with van der Waals surface area (Å²) in [6.07, 6.45) is 4.94. The van der Waals surface area contributed by atoms with Crippen molar-refractivity contribution in [3.05, 3.63) is 92.5 Å². The number of amides is 1. The predicted octanol–water partition coefficient (Wildman–Crippen LogP) is 5.94. The van der Waals surface area contributed by atoms with E-state index in [1.807, 2.05) is 56.3 Å². The summed E-state index contributed by atoms with van der Waals surface area (Å²) in [4.78, 5) is 34.3. The second kappa shape index (κ2) is 12.4. The number of aryl methyl sites for hydroxylation is 3. The van der Waals surface area contributed by atoms with Crippen LogP contribution in [0.3, 0.4) is 0 Å². The standard InChI is InChI=1S/C36H36ClN7O3/c1-19-15-22-17-39-44(3)36(46)32(22)34(40-19)42-27-10-6-7-24(20(27)2)25-8-5-9-26(33(25)37)29-16-21-11-13-28(31(21)35(43-29)47-4)38-18-23-12-14-30(45)41-23/h5-10,15-17,23,28,38H,11-14,18H2,1-4H3,(H,40,42)(H,41,45). The number of pyridine rings is 2. The Morgan fingerprint density at radius 3 is 2.60 bits per heavy atom. The number of rotatable bonds is 8. The van der Waals surface area contributed by atoms with Gasteiger partial charge < -0.3 is 20.7 Å². The molecule has 5 aromatic rings. The van der Waals surface area contributed by atoms with Crippen LogP contribution in [-0.4, -0.2) is 45.4 Å². The van der Waals surface area contributed by atoms with E-state index in [2.05, 4.69) is 32.1 Å². The number of nitrogens with zero attached hydrogens (tertiary/aromatic N) is 4. The Labute approximate surface area is 277 Å². The number of hydrogen-bond donors (Lipinski definition) is 3. The zero-order valence-corrected chi connectivity index (χ0v) is 27.5. The molecule has 1 fully saturated rings. The van der Waals surface area contributed by atoms with Crippen LogP contribution in [0, 0.1) is 13.8 Å².